The van der Waals surface area contributed by atoms with E-state index in [-0.39, 0.29) is 22.7 Å². The molecule has 0 amide bonds. The summed E-state index contributed by atoms with van der Waals surface area (Å²) >= 11 is 0. The number of allylic oxidation sites excluding steroid dienone is 2. The fourth-order valence-electron chi connectivity index (χ4n) is 7.54. The maximum Gasteiger partial charge on any atom is 0.159 e. The van der Waals surface area contributed by atoms with Gasteiger partial charge in [0.15, 0.2) is 5.78 Å². The van der Waals surface area contributed by atoms with Crippen LogP contribution >= 0.6 is 0 Å². The molecular formula is C22H31NO2. The molecule has 4 aliphatic rings. The molecule has 0 bridgehead atoms. The van der Waals surface area contributed by atoms with Gasteiger partial charge < -0.3 is 4.74 Å². The molecule has 0 radical (unpaired) electrons. The summed E-state index contributed by atoms with van der Waals surface area (Å²) in [5, 5.41) is 9.62. The van der Waals surface area contributed by atoms with Crippen molar-refractivity contribution in [2.75, 3.05) is 13.7 Å². The van der Waals surface area contributed by atoms with Crippen LogP contribution in [0, 0.1) is 51.8 Å². The SMILES string of the molecule is COC[C@@]1(C)CCC[C@]2(C)C3CC(=O)C4=CCC(C#N)C4C3CCC12. The van der Waals surface area contributed by atoms with Crippen LogP contribution in [0.3, 0.4) is 0 Å². The van der Waals surface area contributed by atoms with Crippen molar-refractivity contribution in [2.24, 2.45) is 40.4 Å². The Bertz CT molecular complexity index is 643. The summed E-state index contributed by atoms with van der Waals surface area (Å²) < 4.78 is 5.62. The van der Waals surface area contributed by atoms with E-state index in [1.165, 1.54) is 32.1 Å². The zero-order valence-corrected chi connectivity index (χ0v) is 15.9. The third-order valence-electron chi connectivity index (χ3n) is 8.47. The summed E-state index contributed by atoms with van der Waals surface area (Å²) in [7, 11) is 1.82. The fraction of sp³-hybridized carbons (Fsp3) is 0.818. The van der Waals surface area contributed by atoms with E-state index < -0.39 is 0 Å². The highest BCUT2D eigenvalue weighted by atomic mass is 16.5. The van der Waals surface area contributed by atoms with E-state index in [0.717, 1.165) is 18.6 Å². The molecule has 3 saturated carbocycles. The van der Waals surface area contributed by atoms with E-state index in [2.05, 4.69) is 26.0 Å². The number of methoxy groups -OCH3 is 1. The van der Waals surface area contributed by atoms with Crippen LogP contribution in [0.4, 0.5) is 0 Å². The van der Waals surface area contributed by atoms with E-state index in [4.69, 9.17) is 4.74 Å². The highest BCUT2D eigenvalue weighted by molar-refractivity contribution is 5.97. The Balaban J connectivity index is 1.70. The lowest BCUT2D eigenvalue weighted by Crippen LogP contribution is -2.57. The molecule has 0 saturated heterocycles. The number of nitrogens with zero attached hydrogens (tertiary/aromatic N) is 1. The maximum atomic E-state index is 12.9. The predicted octanol–water partition coefficient (Wildman–Crippen LogP) is 4.53. The number of hydrogen-bond acceptors (Lipinski definition) is 3. The Morgan fingerprint density at radius 3 is 2.84 bits per heavy atom. The first kappa shape index (κ1) is 17.3. The first-order chi connectivity index (χ1) is 11.9. The number of ether oxygens (including phenoxy) is 1. The molecule has 0 N–H and O–H groups in total. The van der Waals surface area contributed by atoms with Crippen LogP contribution in [-0.2, 0) is 9.53 Å². The number of Topliss-reactive ketones (excluding diaryl/α,β-unsaturated/α-hetero) is 1. The molecule has 3 heteroatoms. The molecule has 4 aliphatic carbocycles. The van der Waals surface area contributed by atoms with E-state index in [1.54, 1.807) is 0 Å². The average Bonchev–Trinajstić information content (AvgIpc) is 3.00. The predicted molar refractivity (Wildman–Crippen MR) is 96.6 cm³/mol. The average molecular weight is 341 g/mol. The summed E-state index contributed by atoms with van der Waals surface area (Å²) in [5.41, 5.74) is 1.46. The third kappa shape index (κ3) is 2.36. The lowest BCUT2D eigenvalue weighted by atomic mass is 9.42. The normalized spacial score (nSPS) is 48.8. The maximum absolute atomic E-state index is 12.9. The smallest absolute Gasteiger partial charge is 0.159 e. The van der Waals surface area contributed by atoms with Gasteiger partial charge in [-0.1, -0.05) is 26.3 Å². The van der Waals surface area contributed by atoms with Crippen LogP contribution < -0.4 is 0 Å². The van der Waals surface area contributed by atoms with Crippen LogP contribution in [-0.4, -0.2) is 19.5 Å². The molecule has 7 atom stereocenters. The van der Waals surface area contributed by atoms with Crippen molar-refractivity contribution in [3.8, 4) is 6.07 Å². The van der Waals surface area contributed by atoms with Gasteiger partial charge in [-0.25, -0.2) is 0 Å². The number of ketones is 1. The highest BCUT2D eigenvalue weighted by Crippen LogP contribution is 2.65. The van der Waals surface area contributed by atoms with Crippen molar-refractivity contribution in [1.29, 1.82) is 5.26 Å². The molecule has 25 heavy (non-hydrogen) atoms. The van der Waals surface area contributed by atoms with Gasteiger partial charge in [-0.15, -0.1) is 0 Å². The van der Waals surface area contributed by atoms with Gasteiger partial charge in [-0.3, -0.25) is 4.79 Å². The monoisotopic (exact) mass is 341 g/mol. The van der Waals surface area contributed by atoms with Gasteiger partial charge in [0.1, 0.15) is 0 Å². The number of fused-ring (bicyclic) bond motifs is 5. The second kappa shape index (κ2) is 5.95. The zero-order chi connectivity index (χ0) is 17.8. The molecule has 3 fully saturated rings. The number of carbonyl (C=O) groups excluding carboxylic acids is 1. The lowest BCUT2D eigenvalue weighted by molar-refractivity contribution is -0.149. The van der Waals surface area contributed by atoms with Gasteiger partial charge in [0.25, 0.3) is 0 Å². The Morgan fingerprint density at radius 1 is 1.32 bits per heavy atom. The molecule has 3 nitrogen and oxygen atoms in total. The minimum atomic E-state index is 0.0286. The zero-order valence-electron chi connectivity index (χ0n) is 15.9. The van der Waals surface area contributed by atoms with Gasteiger partial charge in [-0.2, -0.15) is 5.26 Å². The van der Waals surface area contributed by atoms with Crippen molar-refractivity contribution in [1.82, 2.24) is 0 Å². The second-order valence-corrected chi connectivity index (χ2v) is 9.63. The molecular weight excluding hydrogens is 310 g/mol. The summed E-state index contributed by atoms with van der Waals surface area (Å²) in [6.45, 7) is 5.69. The van der Waals surface area contributed by atoms with Gasteiger partial charge >= 0.3 is 0 Å². The number of carbonyl (C=O) groups is 1. The molecule has 0 spiro atoms. The Kier molecular flexibility index (Phi) is 4.11. The molecule has 5 unspecified atom stereocenters. The van der Waals surface area contributed by atoms with E-state index in [1.807, 2.05) is 7.11 Å². The summed E-state index contributed by atoms with van der Waals surface area (Å²) in [6.07, 6.45) is 9.69. The van der Waals surface area contributed by atoms with Crippen molar-refractivity contribution < 1.29 is 9.53 Å². The molecule has 4 rings (SSSR count). The Labute approximate surface area is 151 Å². The Hall–Kier alpha value is -1.14. The van der Waals surface area contributed by atoms with Gasteiger partial charge in [-0.05, 0) is 66.3 Å². The number of hydrogen-bond donors (Lipinski definition) is 0. The van der Waals surface area contributed by atoms with Crippen LogP contribution in [0.1, 0.15) is 58.8 Å². The Morgan fingerprint density at radius 2 is 2.12 bits per heavy atom. The van der Waals surface area contributed by atoms with Crippen molar-refractivity contribution in [3.05, 3.63) is 11.6 Å². The lowest BCUT2D eigenvalue weighted by Gasteiger charge is -2.62. The minimum absolute atomic E-state index is 0.0286. The van der Waals surface area contributed by atoms with Crippen molar-refractivity contribution >= 4 is 5.78 Å². The van der Waals surface area contributed by atoms with Crippen LogP contribution in [0.2, 0.25) is 0 Å². The first-order valence-electron chi connectivity index (χ1n) is 10.1. The van der Waals surface area contributed by atoms with Gasteiger partial charge in [0, 0.05) is 19.4 Å². The van der Waals surface area contributed by atoms with E-state index in [9.17, 15) is 10.1 Å². The number of nitriles is 1. The van der Waals surface area contributed by atoms with Crippen LogP contribution in [0.5, 0.6) is 0 Å². The van der Waals surface area contributed by atoms with Crippen LogP contribution in [0.25, 0.3) is 0 Å². The second-order valence-electron chi connectivity index (χ2n) is 9.63. The molecule has 0 aromatic heterocycles. The number of rotatable bonds is 2. The van der Waals surface area contributed by atoms with E-state index in [0.29, 0.717) is 30.0 Å². The molecule has 0 aromatic rings. The topological polar surface area (TPSA) is 50.1 Å². The standard InChI is InChI=1S/C22H31NO2/c1-21(13-25-3)9-4-10-22(2)17-11-18(24)16-6-5-14(12-23)20(16)15(17)7-8-19(21)22/h6,14-15,17,19-20H,4-5,7-11,13H2,1-3H3/t14?,15?,17?,19?,20?,21-,22-/m1/s1. The highest BCUT2D eigenvalue weighted by Gasteiger charge is 2.60. The third-order valence-corrected chi connectivity index (χ3v) is 8.47. The first-order valence-corrected chi connectivity index (χ1v) is 10.1. The summed E-state index contributed by atoms with van der Waals surface area (Å²) in [6, 6.07) is 2.51. The van der Waals surface area contributed by atoms with Gasteiger partial charge in [0.2, 0.25) is 0 Å². The minimum Gasteiger partial charge on any atom is -0.384 e. The molecule has 0 aliphatic heterocycles. The fourth-order valence-corrected chi connectivity index (χ4v) is 7.54. The van der Waals surface area contributed by atoms with Crippen LogP contribution in [0.15, 0.2) is 11.6 Å². The van der Waals surface area contributed by atoms with Crippen molar-refractivity contribution in [3.63, 3.8) is 0 Å². The van der Waals surface area contributed by atoms with Gasteiger partial charge in [0.05, 0.1) is 18.6 Å². The summed E-state index contributed by atoms with van der Waals surface area (Å²) in [5.74, 6) is 2.19. The summed E-state index contributed by atoms with van der Waals surface area (Å²) in [4.78, 5) is 12.9. The molecule has 0 aromatic carbocycles. The van der Waals surface area contributed by atoms with E-state index >= 15 is 0 Å². The van der Waals surface area contributed by atoms with Crippen molar-refractivity contribution in [2.45, 2.75) is 58.8 Å². The molecule has 136 valence electrons. The molecule has 0 heterocycles. The quantitative estimate of drug-likeness (QED) is 0.741. The largest absolute Gasteiger partial charge is 0.384 e.